The summed E-state index contributed by atoms with van der Waals surface area (Å²) in [4.78, 5) is 16.1. The van der Waals surface area contributed by atoms with Crippen LogP contribution in [0.4, 0.5) is 0 Å². The summed E-state index contributed by atoms with van der Waals surface area (Å²) in [5.74, 6) is -0.0350. The lowest BCUT2D eigenvalue weighted by Crippen LogP contribution is -2.77. The Labute approximate surface area is 346 Å². The normalized spacial score (nSPS) is 49.5. The van der Waals surface area contributed by atoms with Crippen LogP contribution >= 0.6 is 0 Å². The average Bonchev–Trinajstić information content (AvgIpc) is 3.57. The van der Waals surface area contributed by atoms with E-state index in [4.69, 9.17) is 0 Å². The molecule has 7 heteroatoms. The van der Waals surface area contributed by atoms with Gasteiger partial charge in [0.25, 0.3) is 0 Å². The monoisotopic (exact) mass is 794 g/mol. The zero-order valence-corrected chi connectivity index (χ0v) is 35.9. The van der Waals surface area contributed by atoms with Crippen LogP contribution in [-0.4, -0.2) is 68.9 Å². The van der Waals surface area contributed by atoms with E-state index in [0.717, 1.165) is 77.3 Å². The molecule has 58 heavy (non-hydrogen) atoms. The minimum Gasteiger partial charge on any atom is -0.396 e. The van der Waals surface area contributed by atoms with Crippen LogP contribution in [-0.2, 0) is 11.3 Å². The van der Waals surface area contributed by atoms with Crippen molar-refractivity contribution in [2.45, 2.75) is 142 Å². The first-order valence-corrected chi connectivity index (χ1v) is 23.4. The second-order valence-electron chi connectivity index (χ2n) is 22.7. The first kappa shape index (κ1) is 40.0. The van der Waals surface area contributed by atoms with Gasteiger partial charge in [-0.05, 0) is 162 Å². The van der Waals surface area contributed by atoms with Gasteiger partial charge in [-0.3, -0.25) is 4.79 Å². The lowest BCUT2D eigenvalue weighted by atomic mass is 9.27. The van der Waals surface area contributed by atoms with Crippen molar-refractivity contribution in [1.29, 1.82) is 0 Å². The van der Waals surface area contributed by atoms with Gasteiger partial charge in [0.05, 0.1) is 31.0 Å². The largest absolute Gasteiger partial charge is 0.396 e. The van der Waals surface area contributed by atoms with Crippen LogP contribution in [0.2, 0.25) is 0 Å². The number of carbonyl (C=O) groups is 1. The Hall–Kier alpha value is -2.13. The molecule has 9 aliphatic carbocycles. The molecule has 0 heterocycles. The third-order valence-corrected chi connectivity index (χ3v) is 20.4. The third kappa shape index (κ3) is 4.60. The minimum atomic E-state index is -1.22. The number of hydrogen-bond acceptors (Lipinski definition) is 7. The second kappa shape index (κ2) is 13.0. The van der Waals surface area contributed by atoms with Crippen molar-refractivity contribution in [1.82, 2.24) is 5.32 Å². The Morgan fingerprint density at radius 2 is 1.74 bits per heavy atom. The number of benzene rings is 1. The number of fused-ring (bicyclic) bond motifs is 4. The van der Waals surface area contributed by atoms with Crippen molar-refractivity contribution in [2.75, 3.05) is 19.8 Å². The van der Waals surface area contributed by atoms with Crippen molar-refractivity contribution in [3.63, 3.8) is 0 Å². The summed E-state index contributed by atoms with van der Waals surface area (Å²) in [5, 5.41) is 66.4. The number of rotatable bonds is 7. The average molecular weight is 794 g/mol. The second-order valence-corrected chi connectivity index (χ2v) is 22.7. The van der Waals surface area contributed by atoms with Gasteiger partial charge in [0.15, 0.2) is 5.78 Å². The summed E-state index contributed by atoms with van der Waals surface area (Å²) in [6.45, 7) is 12.6. The van der Waals surface area contributed by atoms with Gasteiger partial charge < -0.3 is 30.8 Å². The number of hydrogen-bond donors (Lipinski definition) is 6. The highest BCUT2D eigenvalue weighted by atomic mass is 16.3. The molecule has 15 unspecified atom stereocenters. The molecule has 15 atom stereocenters. The fourth-order valence-electron chi connectivity index (χ4n) is 18.5. The highest BCUT2D eigenvalue weighted by Gasteiger charge is 2.81. The molecule has 0 aromatic heterocycles. The van der Waals surface area contributed by atoms with E-state index in [1.165, 1.54) is 21.6 Å². The molecule has 9 aliphatic rings. The van der Waals surface area contributed by atoms with Crippen molar-refractivity contribution in [2.24, 2.45) is 73.4 Å². The number of aliphatic hydroxyl groups excluding tert-OH is 4. The summed E-state index contributed by atoms with van der Waals surface area (Å²) < 4.78 is 0. The smallest absolute Gasteiger partial charge is 0.159 e. The molecule has 6 saturated carbocycles. The van der Waals surface area contributed by atoms with Gasteiger partial charge in [-0.15, -0.1) is 0 Å². The zero-order chi connectivity index (χ0) is 40.9. The van der Waals surface area contributed by atoms with E-state index < -0.39 is 51.5 Å². The van der Waals surface area contributed by atoms with E-state index in [9.17, 15) is 25.5 Å². The topological polar surface area (TPSA) is 130 Å². The van der Waals surface area contributed by atoms with Gasteiger partial charge in [-0.2, -0.15) is 0 Å². The van der Waals surface area contributed by atoms with Gasteiger partial charge in [-0.1, -0.05) is 89.1 Å². The van der Waals surface area contributed by atoms with Crippen LogP contribution in [0.5, 0.6) is 0 Å². The van der Waals surface area contributed by atoms with Crippen molar-refractivity contribution in [3.8, 4) is 0 Å². The van der Waals surface area contributed by atoms with Crippen LogP contribution in [0.3, 0.4) is 0 Å². The van der Waals surface area contributed by atoms with Crippen molar-refractivity contribution >= 4 is 17.9 Å². The van der Waals surface area contributed by atoms with E-state index in [0.29, 0.717) is 25.2 Å². The quantitative estimate of drug-likeness (QED) is 0.154. The van der Waals surface area contributed by atoms with Crippen molar-refractivity contribution in [3.05, 3.63) is 58.0 Å². The Kier molecular flexibility index (Phi) is 8.93. The molecule has 0 saturated heterocycles. The SMILES string of the molecule is CCCNCc1cccc2c1=CC1C(C=2)CCC23CCC4C(C)(C(O)CO)C(O)CCC14C2C(=O)C=C1C2CC(C)(C)CC45CCCC4C=CC(O)(CC13C)C25CO. The summed E-state index contributed by atoms with van der Waals surface area (Å²) in [5.41, 5.74) is -2.35. The fraction of sp³-hybridized carbons (Fsp3) is 0.745. The molecular formula is C51H71NO6. The summed E-state index contributed by atoms with van der Waals surface area (Å²) in [7, 11) is 0. The predicted molar refractivity (Wildman–Crippen MR) is 226 cm³/mol. The molecule has 2 spiro atoms. The maximum atomic E-state index is 16.1. The molecule has 2 bridgehead atoms. The molecule has 1 aromatic rings. The molecule has 1 aromatic carbocycles. The first-order chi connectivity index (χ1) is 27.6. The van der Waals surface area contributed by atoms with Crippen LogP contribution in [0, 0.1) is 73.4 Å². The first-order valence-electron chi connectivity index (χ1n) is 23.4. The molecule has 6 N–H and O–H groups in total. The molecule has 6 fully saturated rings. The molecule has 0 radical (unpaired) electrons. The molecular weight excluding hydrogens is 723 g/mol. The molecule has 10 rings (SSSR count). The summed E-state index contributed by atoms with van der Waals surface area (Å²) in [6, 6.07) is 6.65. The Bertz CT molecular complexity index is 2070. The molecule has 0 aliphatic heterocycles. The van der Waals surface area contributed by atoms with E-state index in [1.807, 2.05) is 6.92 Å². The molecule has 316 valence electrons. The fourth-order valence-corrected chi connectivity index (χ4v) is 18.5. The minimum absolute atomic E-state index is 0.00126. The van der Waals surface area contributed by atoms with E-state index in [1.54, 1.807) is 0 Å². The standard InChI is InChI=1S/C51H71NO6/c1-6-21-52-26-33-10-7-9-31-22-32-12-17-47-18-14-40-46(5,42(57)27-53)41(56)15-20-50(40,36(32)23-35(31)33)43(47)39(55)24-37-38-25-44(2,3)28-48-16-8-11-34(48)13-19-49(58,29-45(37,47)4)51(38,48)30-54/h7,9-10,13,19,22-24,32,34,36,38,40-43,52-54,56-58H,6,8,11-12,14-18,20-21,25-30H2,1-5H3. The van der Waals surface area contributed by atoms with Gasteiger partial charge in [0.2, 0.25) is 0 Å². The Morgan fingerprint density at radius 3 is 2.50 bits per heavy atom. The number of ketones is 1. The van der Waals surface area contributed by atoms with Crippen molar-refractivity contribution < 1.29 is 30.3 Å². The zero-order valence-electron chi connectivity index (χ0n) is 35.9. The third-order valence-electron chi connectivity index (χ3n) is 20.4. The summed E-state index contributed by atoms with van der Waals surface area (Å²) >= 11 is 0. The lowest BCUT2D eigenvalue weighted by molar-refractivity contribution is -0.284. The van der Waals surface area contributed by atoms with E-state index >= 15 is 4.79 Å². The van der Waals surface area contributed by atoms with E-state index in [-0.39, 0.29) is 52.8 Å². The molecule has 7 nitrogen and oxygen atoms in total. The van der Waals surface area contributed by atoms with Crippen LogP contribution in [0.25, 0.3) is 12.2 Å². The number of nitrogens with one attached hydrogen (secondary N) is 1. The van der Waals surface area contributed by atoms with Crippen LogP contribution in [0.15, 0.2) is 42.0 Å². The number of allylic oxidation sites excluding steroid dienone is 3. The predicted octanol–water partition coefficient (Wildman–Crippen LogP) is 5.72. The Morgan fingerprint density at radius 1 is 0.948 bits per heavy atom. The Balaban J connectivity index is 1.22. The maximum absolute atomic E-state index is 16.1. The maximum Gasteiger partial charge on any atom is 0.159 e. The van der Waals surface area contributed by atoms with Gasteiger partial charge in [-0.25, -0.2) is 0 Å². The number of aliphatic hydroxyl groups is 5. The van der Waals surface area contributed by atoms with Crippen LogP contribution < -0.4 is 15.8 Å². The van der Waals surface area contributed by atoms with Gasteiger partial charge >= 0.3 is 0 Å². The summed E-state index contributed by atoms with van der Waals surface area (Å²) in [6.07, 6.45) is 20.6. The molecule has 0 amide bonds. The lowest BCUT2D eigenvalue weighted by Gasteiger charge is -2.77. The number of carbonyl (C=O) groups excluding carboxylic acids is 1. The van der Waals surface area contributed by atoms with E-state index in [2.05, 4.69) is 81.6 Å². The highest BCUT2D eigenvalue weighted by Crippen LogP contribution is 2.84. The van der Waals surface area contributed by atoms with Gasteiger partial charge in [0, 0.05) is 23.3 Å². The highest BCUT2D eigenvalue weighted by molar-refractivity contribution is 5.96. The van der Waals surface area contributed by atoms with Gasteiger partial charge in [0.1, 0.15) is 0 Å². The van der Waals surface area contributed by atoms with Crippen LogP contribution in [0.1, 0.15) is 124 Å².